The lowest BCUT2D eigenvalue weighted by atomic mass is 10.4. The predicted molar refractivity (Wildman–Crippen MR) is 65.2 cm³/mol. The third-order valence-electron chi connectivity index (χ3n) is 2.61. The maximum absolute atomic E-state index is 5.90. The van der Waals surface area contributed by atoms with Crippen LogP contribution in [0.15, 0.2) is 23.0 Å². The van der Waals surface area contributed by atoms with Crippen LogP contribution < -0.4 is 0 Å². The van der Waals surface area contributed by atoms with Gasteiger partial charge in [-0.2, -0.15) is 4.98 Å². The topological polar surface area (TPSA) is 69.6 Å². The molecule has 0 aliphatic rings. The van der Waals surface area contributed by atoms with Crippen molar-refractivity contribution in [2.24, 2.45) is 0 Å². The zero-order chi connectivity index (χ0) is 12.5. The summed E-state index contributed by atoms with van der Waals surface area (Å²) >= 11 is 5.90. The average Bonchev–Trinajstić information content (AvgIpc) is 2.94. The van der Waals surface area contributed by atoms with Crippen LogP contribution in [0.3, 0.4) is 0 Å². The number of aryl methyl sites for hydroxylation is 1. The second-order valence-electron chi connectivity index (χ2n) is 3.85. The van der Waals surface area contributed by atoms with Crippen LogP contribution in [0.4, 0.5) is 0 Å². The van der Waals surface area contributed by atoms with E-state index >= 15 is 0 Å². The molecule has 0 spiro atoms. The van der Waals surface area contributed by atoms with Gasteiger partial charge in [0.25, 0.3) is 0 Å². The molecule has 0 aliphatic carbocycles. The van der Waals surface area contributed by atoms with Gasteiger partial charge in [-0.3, -0.25) is 4.98 Å². The Bertz CT molecular complexity index is 690. The molecule has 0 radical (unpaired) electrons. The van der Waals surface area contributed by atoms with Crippen molar-refractivity contribution in [3.63, 3.8) is 0 Å². The van der Waals surface area contributed by atoms with Crippen LogP contribution in [0, 0.1) is 6.92 Å². The molecule has 0 N–H and O–H groups in total. The number of pyridine rings is 1. The summed E-state index contributed by atoms with van der Waals surface area (Å²) in [5.41, 5.74) is 1.76. The number of hydrogen-bond acceptors (Lipinski definition) is 5. The molecule has 3 aromatic rings. The van der Waals surface area contributed by atoms with E-state index < -0.39 is 0 Å². The third kappa shape index (κ3) is 1.84. The number of alkyl halides is 1. The molecule has 0 saturated heterocycles. The molecule has 18 heavy (non-hydrogen) atoms. The first-order chi connectivity index (χ1) is 8.78. The Kier molecular flexibility index (Phi) is 2.71. The Balaban J connectivity index is 2.09. The summed E-state index contributed by atoms with van der Waals surface area (Å²) in [6, 6.07) is 1.89. The zero-order valence-electron chi connectivity index (χ0n) is 9.67. The molecule has 6 nitrogen and oxygen atoms in total. The van der Waals surface area contributed by atoms with Gasteiger partial charge in [-0.1, -0.05) is 5.16 Å². The van der Waals surface area contributed by atoms with E-state index in [9.17, 15) is 0 Å². The van der Waals surface area contributed by atoms with Crippen molar-refractivity contribution in [2.75, 3.05) is 0 Å². The summed E-state index contributed by atoms with van der Waals surface area (Å²) in [5.74, 6) is 2.23. The fraction of sp³-hybridized carbons (Fsp3) is 0.273. The van der Waals surface area contributed by atoms with Crippen LogP contribution in [0.2, 0.25) is 0 Å². The Labute approximate surface area is 108 Å². The molecule has 0 saturated carbocycles. The Morgan fingerprint density at radius 3 is 3.00 bits per heavy atom. The van der Waals surface area contributed by atoms with E-state index in [4.69, 9.17) is 16.1 Å². The normalized spacial score (nSPS) is 11.2. The molecular formula is C11H10ClN5O. The van der Waals surface area contributed by atoms with Crippen molar-refractivity contribution in [1.82, 2.24) is 24.7 Å². The Morgan fingerprint density at radius 1 is 1.39 bits per heavy atom. The molecule has 3 aromatic heterocycles. The Morgan fingerprint density at radius 2 is 2.28 bits per heavy atom. The molecule has 7 heteroatoms. The van der Waals surface area contributed by atoms with Gasteiger partial charge in [-0.05, 0) is 13.0 Å². The Hall–Kier alpha value is -1.95. The molecule has 0 aliphatic heterocycles. The maximum Gasteiger partial charge on any atom is 0.246 e. The second-order valence-corrected chi connectivity index (χ2v) is 4.11. The summed E-state index contributed by atoms with van der Waals surface area (Å²) in [7, 11) is 0. The fourth-order valence-corrected chi connectivity index (χ4v) is 2.05. The van der Waals surface area contributed by atoms with E-state index in [-0.39, 0.29) is 0 Å². The molecule has 3 rings (SSSR count). The largest absolute Gasteiger partial charge is 0.337 e. The molecule has 0 atom stereocenters. The summed E-state index contributed by atoms with van der Waals surface area (Å²) in [6.45, 7) is 2.24. The predicted octanol–water partition coefficient (Wildman–Crippen LogP) is 1.91. The van der Waals surface area contributed by atoms with Crippen molar-refractivity contribution in [3.05, 3.63) is 36.0 Å². The van der Waals surface area contributed by atoms with Crippen LogP contribution in [-0.2, 0) is 12.4 Å². The van der Waals surface area contributed by atoms with E-state index in [0.717, 1.165) is 16.9 Å². The van der Waals surface area contributed by atoms with Crippen molar-refractivity contribution >= 4 is 22.6 Å². The molecule has 92 valence electrons. The number of fused-ring (bicyclic) bond motifs is 1. The summed E-state index contributed by atoms with van der Waals surface area (Å²) in [4.78, 5) is 12.6. The standard InChI is InChI=1S/C11H10ClN5O/c1-7-14-11(18-16-7)6-17-9-2-3-13-5-8(9)15-10(17)4-12/h2-3,5H,4,6H2,1H3. The summed E-state index contributed by atoms with van der Waals surface area (Å²) in [5, 5.41) is 3.77. The lowest BCUT2D eigenvalue weighted by Gasteiger charge is -2.03. The molecule has 0 aromatic carbocycles. The molecule has 0 bridgehead atoms. The molecule has 3 heterocycles. The van der Waals surface area contributed by atoms with Gasteiger partial charge < -0.3 is 9.09 Å². The van der Waals surface area contributed by atoms with Gasteiger partial charge in [0.2, 0.25) is 5.89 Å². The number of aromatic nitrogens is 5. The van der Waals surface area contributed by atoms with E-state index in [1.54, 1.807) is 19.3 Å². The molecule has 0 amide bonds. The van der Waals surface area contributed by atoms with Gasteiger partial charge in [-0.15, -0.1) is 11.6 Å². The van der Waals surface area contributed by atoms with Gasteiger partial charge in [0.05, 0.1) is 17.6 Å². The van der Waals surface area contributed by atoms with Gasteiger partial charge in [-0.25, -0.2) is 4.98 Å². The van der Waals surface area contributed by atoms with Crippen LogP contribution in [0.1, 0.15) is 17.5 Å². The van der Waals surface area contributed by atoms with Gasteiger partial charge in [0.1, 0.15) is 17.9 Å². The van der Waals surface area contributed by atoms with Crippen molar-refractivity contribution in [3.8, 4) is 0 Å². The number of hydrogen-bond donors (Lipinski definition) is 0. The second kappa shape index (κ2) is 4.38. The minimum atomic E-state index is 0.321. The van der Waals surface area contributed by atoms with E-state index in [1.165, 1.54) is 0 Å². The van der Waals surface area contributed by atoms with Gasteiger partial charge in [0.15, 0.2) is 5.82 Å². The summed E-state index contributed by atoms with van der Waals surface area (Å²) in [6.07, 6.45) is 3.43. The highest BCUT2D eigenvalue weighted by atomic mass is 35.5. The highest BCUT2D eigenvalue weighted by molar-refractivity contribution is 6.16. The van der Waals surface area contributed by atoms with E-state index in [2.05, 4.69) is 20.1 Å². The third-order valence-corrected chi connectivity index (χ3v) is 2.85. The van der Waals surface area contributed by atoms with Crippen molar-refractivity contribution < 1.29 is 4.52 Å². The van der Waals surface area contributed by atoms with Crippen molar-refractivity contribution in [1.29, 1.82) is 0 Å². The van der Waals surface area contributed by atoms with Crippen LogP contribution in [0.5, 0.6) is 0 Å². The molecular weight excluding hydrogens is 254 g/mol. The minimum absolute atomic E-state index is 0.321. The SMILES string of the molecule is Cc1noc(Cn2c(CCl)nc3cnccc32)n1. The first-order valence-corrected chi connectivity index (χ1v) is 5.95. The van der Waals surface area contributed by atoms with Crippen molar-refractivity contribution in [2.45, 2.75) is 19.3 Å². The van der Waals surface area contributed by atoms with Crippen LogP contribution >= 0.6 is 11.6 Å². The molecule has 0 fully saturated rings. The van der Waals surface area contributed by atoms with Crippen LogP contribution in [-0.4, -0.2) is 24.7 Å². The quantitative estimate of drug-likeness (QED) is 0.675. The smallest absolute Gasteiger partial charge is 0.246 e. The number of imidazole rings is 1. The monoisotopic (exact) mass is 263 g/mol. The van der Waals surface area contributed by atoms with Gasteiger partial charge >= 0.3 is 0 Å². The number of nitrogens with zero attached hydrogens (tertiary/aromatic N) is 5. The van der Waals surface area contributed by atoms with E-state index in [1.807, 2.05) is 10.6 Å². The van der Waals surface area contributed by atoms with E-state index in [0.29, 0.717) is 24.1 Å². The highest BCUT2D eigenvalue weighted by Gasteiger charge is 2.12. The fourth-order valence-electron chi connectivity index (χ4n) is 1.85. The zero-order valence-corrected chi connectivity index (χ0v) is 10.4. The lowest BCUT2D eigenvalue weighted by Crippen LogP contribution is -2.04. The maximum atomic E-state index is 5.90. The van der Waals surface area contributed by atoms with Crippen LogP contribution in [0.25, 0.3) is 11.0 Å². The number of rotatable bonds is 3. The molecule has 0 unspecified atom stereocenters. The lowest BCUT2D eigenvalue weighted by molar-refractivity contribution is 0.368. The first kappa shape index (κ1) is 11.2. The highest BCUT2D eigenvalue weighted by Crippen LogP contribution is 2.17. The summed E-state index contributed by atoms with van der Waals surface area (Å²) < 4.78 is 7.07. The number of halogens is 1. The average molecular weight is 264 g/mol. The van der Waals surface area contributed by atoms with Gasteiger partial charge in [0, 0.05) is 6.20 Å². The minimum Gasteiger partial charge on any atom is -0.337 e. The first-order valence-electron chi connectivity index (χ1n) is 5.42.